The van der Waals surface area contributed by atoms with Crippen molar-refractivity contribution in [3.8, 4) is 0 Å². The Morgan fingerprint density at radius 3 is 2.46 bits per heavy atom. The number of aromatic nitrogens is 1. The number of pyridine rings is 1. The van der Waals surface area contributed by atoms with Crippen molar-refractivity contribution in [3.05, 3.63) is 47.9 Å². The van der Waals surface area contributed by atoms with Crippen LogP contribution in [0.2, 0.25) is 0 Å². The summed E-state index contributed by atoms with van der Waals surface area (Å²) in [6.07, 6.45) is 1.67. The molecule has 1 aliphatic heterocycles. The van der Waals surface area contributed by atoms with Crippen molar-refractivity contribution in [1.29, 1.82) is 0 Å². The van der Waals surface area contributed by atoms with Gasteiger partial charge in [0.05, 0.1) is 23.5 Å². The number of nitrogens with one attached hydrogen (secondary N) is 2. The Kier molecular flexibility index (Phi) is 5.89. The number of halogens is 1. The molecule has 2 heterocycles. The third kappa shape index (κ3) is 4.83. The molecule has 1 aromatic heterocycles. The van der Waals surface area contributed by atoms with Crippen LogP contribution in [-0.4, -0.2) is 42.1 Å². The lowest BCUT2D eigenvalue weighted by atomic mass is 10.2. The van der Waals surface area contributed by atoms with Crippen molar-refractivity contribution in [3.63, 3.8) is 0 Å². The summed E-state index contributed by atoms with van der Waals surface area (Å²) in [4.78, 5) is 30.1. The predicted molar refractivity (Wildman–Crippen MR) is 105 cm³/mol. The van der Waals surface area contributed by atoms with Crippen LogP contribution in [0.5, 0.6) is 0 Å². The second kappa shape index (κ2) is 8.35. The topological polar surface area (TPSA) is 83.6 Å². The molecule has 1 aromatic carbocycles. The van der Waals surface area contributed by atoms with Gasteiger partial charge in [-0.15, -0.1) is 0 Å². The normalized spacial score (nSPS) is 19.2. The predicted octanol–water partition coefficient (Wildman–Crippen LogP) is 3.05. The van der Waals surface area contributed by atoms with E-state index < -0.39 is 11.7 Å². The number of rotatable bonds is 4. The van der Waals surface area contributed by atoms with Crippen molar-refractivity contribution >= 4 is 29.0 Å². The van der Waals surface area contributed by atoms with Gasteiger partial charge in [-0.25, -0.2) is 9.37 Å². The average Bonchev–Trinajstić information content (AvgIpc) is 2.63. The number of ether oxygens (including phenoxy) is 1. The van der Waals surface area contributed by atoms with Gasteiger partial charge in [0.15, 0.2) is 0 Å². The van der Waals surface area contributed by atoms with Crippen molar-refractivity contribution in [2.24, 2.45) is 0 Å². The third-order valence-electron chi connectivity index (χ3n) is 4.29. The lowest BCUT2D eigenvalue weighted by molar-refractivity contribution is -0.114. The Hall–Kier alpha value is -3.00. The van der Waals surface area contributed by atoms with Gasteiger partial charge in [-0.2, -0.15) is 0 Å². The number of nitrogens with zero attached hydrogens (tertiary/aromatic N) is 2. The van der Waals surface area contributed by atoms with Crippen molar-refractivity contribution in [2.75, 3.05) is 28.6 Å². The summed E-state index contributed by atoms with van der Waals surface area (Å²) in [7, 11) is 0. The average molecular weight is 386 g/mol. The number of amides is 2. The van der Waals surface area contributed by atoms with Crippen LogP contribution in [0.4, 0.5) is 21.6 Å². The molecule has 0 spiro atoms. The Morgan fingerprint density at radius 2 is 1.86 bits per heavy atom. The fourth-order valence-electron chi connectivity index (χ4n) is 3.17. The Bertz CT molecular complexity index is 862. The Morgan fingerprint density at radius 1 is 1.14 bits per heavy atom. The van der Waals surface area contributed by atoms with Crippen LogP contribution in [0.3, 0.4) is 0 Å². The van der Waals surface area contributed by atoms with E-state index in [0.29, 0.717) is 11.3 Å². The molecule has 2 aromatic rings. The molecule has 1 fully saturated rings. The standard InChI is InChI=1S/C20H23FN4O3/c1-12-10-25(11-13(2)28-12)19-7-4-15(9-22-19)20(27)24-18-8-16(23-14(3)26)5-6-17(18)21/h4-9,12-13H,10-11H2,1-3H3,(H,23,26)(H,24,27). The number of carbonyl (C=O) groups excluding carboxylic acids is 2. The first-order valence-electron chi connectivity index (χ1n) is 9.07. The van der Waals surface area contributed by atoms with Crippen LogP contribution in [-0.2, 0) is 9.53 Å². The number of hydrogen-bond acceptors (Lipinski definition) is 5. The summed E-state index contributed by atoms with van der Waals surface area (Å²) >= 11 is 0. The molecule has 2 N–H and O–H groups in total. The quantitative estimate of drug-likeness (QED) is 0.844. The van der Waals surface area contributed by atoms with Gasteiger partial charge in [0.1, 0.15) is 11.6 Å². The second-order valence-corrected chi connectivity index (χ2v) is 6.90. The summed E-state index contributed by atoms with van der Waals surface area (Å²) < 4.78 is 19.7. The van der Waals surface area contributed by atoms with Crippen molar-refractivity contribution in [1.82, 2.24) is 4.98 Å². The van der Waals surface area contributed by atoms with E-state index in [4.69, 9.17) is 4.74 Å². The minimum Gasteiger partial charge on any atom is -0.372 e. The highest BCUT2D eigenvalue weighted by molar-refractivity contribution is 6.04. The number of benzene rings is 1. The Labute approximate surface area is 162 Å². The van der Waals surface area contributed by atoms with Crippen LogP contribution >= 0.6 is 0 Å². The third-order valence-corrected chi connectivity index (χ3v) is 4.29. The summed E-state index contributed by atoms with van der Waals surface area (Å²) in [5.74, 6) is -0.599. The number of hydrogen-bond donors (Lipinski definition) is 2. The van der Waals surface area contributed by atoms with Crippen molar-refractivity contribution in [2.45, 2.75) is 33.0 Å². The largest absolute Gasteiger partial charge is 0.372 e. The van der Waals surface area contributed by atoms with E-state index in [-0.39, 0.29) is 23.8 Å². The van der Waals surface area contributed by atoms with E-state index in [1.54, 1.807) is 12.1 Å². The first-order valence-corrected chi connectivity index (χ1v) is 9.07. The van der Waals surface area contributed by atoms with E-state index >= 15 is 0 Å². The number of anilines is 3. The van der Waals surface area contributed by atoms with Gasteiger partial charge >= 0.3 is 0 Å². The molecule has 1 saturated heterocycles. The van der Waals surface area contributed by atoms with Crippen LogP contribution in [0, 0.1) is 5.82 Å². The molecule has 2 unspecified atom stereocenters. The molecule has 0 radical (unpaired) electrons. The molecule has 7 nitrogen and oxygen atoms in total. The smallest absolute Gasteiger partial charge is 0.257 e. The van der Waals surface area contributed by atoms with Gasteiger partial charge in [-0.05, 0) is 44.2 Å². The lowest BCUT2D eigenvalue weighted by Gasteiger charge is -2.36. The molecule has 0 bridgehead atoms. The summed E-state index contributed by atoms with van der Waals surface area (Å²) in [6, 6.07) is 7.39. The van der Waals surface area contributed by atoms with Gasteiger partial charge in [-0.3, -0.25) is 9.59 Å². The van der Waals surface area contributed by atoms with Gasteiger partial charge in [-0.1, -0.05) is 0 Å². The van der Waals surface area contributed by atoms with Gasteiger partial charge in [0.25, 0.3) is 5.91 Å². The molecule has 0 saturated carbocycles. The minimum atomic E-state index is -0.594. The molecule has 2 amide bonds. The van der Waals surface area contributed by atoms with E-state index in [1.807, 2.05) is 13.8 Å². The molecular formula is C20H23FN4O3. The van der Waals surface area contributed by atoms with Crippen LogP contribution in [0.1, 0.15) is 31.1 Å². The molecule has 3 rings (SSSR count). The zero-order valence-electron chi connectivity index (χ0n) is 16.0. The fourth-order valence-corrected chi connectivity index (χ4v) is 3.17. The van der Waals surface area contributed by atoms with Crippen LogP contribution in [0.25, 0.3) is 0 Å². The summed E-state index contributed by atoms with van der Waals surface area (Å²) in [5.41, 5.74) is 0.687. The first-order chi connectivity index (χ1) is 13.3. The zero-order chi connectivity index (χ0) is 20.3. The Balaban J connectivity index is 1.71. The fraction of sp³-hybridized carbons (Fsp3) is 0.350. The maximum absolute atomic E-state index is 14.0. The van der Waals surface area contributed by atoms with Gasteiger partial charge in [0.2, 0.25) is 5.91 Å². The maximum Gasteiger partial charge on any atom is 0.257 e. The number of carbonyl (C=O) groups is 2. The lowest BCUT2D eigenvalue weighted by Crippen LogP contribution is -2.45. The monoisotopic (exact) mass is 386 g/mol. The summed E-state index contributed by atoms with van der Waals surface area (Å²) in [6.45, 7) is 6.82. The molecule has 8 heteroatoms. The first kappa shape index (κ1) is 19.8. The molecular weight excluding hydrogens is 363 g/mol. The van der Waals surface area contributed by atoms with Gasteiger partial charge < -0.3 is 20.3 Å². The molecule has 2 atom stereocenters. The second-order valence-electron chi connectivity index (χ2n) is 6.90. The zero-order valence-corrected chi connectivity index (χ0v) is 16.0. The van der Waals surface area contributed by atoms with Crippen molar-refractivity contribution < 1.29 is 18.7 Å². The summed E-state index contributed by atoms with van der Waals surface area (Å²) in [5, 5.41) is 5.07. The molecule has 148 valence electrons. The highest BCUT2D eigenvalue weighted by Gasteiger charge is 2.23. The molecule has 28 heavy (non-hydrogen) atoms. The van der Waals surface area contributed by atoms with Crippen LogP contribution < -0.4 is 15.5 Å². The van der Waals surface area contributed by atoms with E-state index in [2.05, 4.69) is 20.5 Å². The molecule has 0 aliphatic carbocycles. The molecule has 1 aliphatic rings. The van der Waals surface area contributed by atoms with E-state index in [1.165, 1.54) is 31.3 Å². The minimum absolute atomic E-state index is 0.0174. The maximum atomic E-state index is 14.0. The highest BCUT2D eigenvalue weighted by Crippen LogP contribution is 2.22. The van der Waals surface area contributed by atoms with E-state index in [0.717, 1.165) is 18.9 Å². The van der Waals surface area contributed by atoms with Gasteiger partial charge in [0, 0.05) is 31.9 Å². The SMILES string of the molecule is CC(=O)Nc1ccc(F)c(NC(=O)c2ccc(N3CC(C)OC(C)C3)nc2)c1. The van der Waals surface area contributed by atoms with E-state index in [9.17, 15) is 14.0 Å². The highest BCUT2D eigenvalue weighted by atomic mass is 19.1. The van der Waals surface area contributed by atoms with Crippen LogP contribution in [0.15, 0.2) is 36.5 Å². The number of morpholine rings is 1.